The molecule has 1 aliphatic heterocycles. The van der Waals surface area contributed by atoms with Crippen LogP contribution in [0.2, 0.25) is 0 Å². The third-order valence-corrected chi connectivity index (χ3v) is 2.72. The van der Waals surface area contributed by atoms with E-state index in [0.717, 1.165) is 21.5 Å². The lowest BCUT2D eigenvalue weighted by Crippen LogP contribution is -2.16. The number of benzene rings is 1. The lowest BCUT2D eigenvalue weighted by Gasteiger charge is -2.19. The lowest BCUT2D eigenvalue weighted by molar-refractivity contribution is 0.159. The third kappa shape index (κ3) is 1.84. The number of nitrogens with one attached hydrogen (secondary N) is 1. The Balaban J connectivity index is 2.35. The van der Waals surface area contributed by atoms with Gasteiger partial charge in [0.15, 0.2) is 11.5 Å². The molecule has 2 rings (SSSR count). The van der Waals surface area contributed by atoms with Crippen molar-refractivity contribution in [3.05, 3.63) is 22.2 Å². The standard InChI is InChI=1S/C9H10BrNO3/c10-7-4-9-8(13-1-2-14-9)3-6(7)5-11-12/h3-4,11-12H,1-2,5H2. The molecule has 0 saturated carbocycles. The van der Waals surface area contributed by atoms with E-state index in [2.05, 4.69) is 21.4 Å². The van der Waals surface area contributed by atoms with Crippen LogP contribution in [-0.4, -0.2) is 18.4 Å². The van der Waals surface area contributed by atoms with E-state index >= 15 is 0 Å². The molecule has 5 heteroatoms. The van der Waals surface area contributed by atoms with Crippen molar-refractivity contribution < 1.29 is 14.7 Å². The number of halogens is 1. The first-order chi connectivity index (χ1) is 6.81. The van der Waals surface area contributed by atoms with Gasteiger partial charge in [-0.2, -0.15) is 0 Å². The number of hydroxylamine groups is 1. The first-order valence-electron chi connectivity index (χ1n) is 4.26. The highest BCUT2D eigenvalue weighted by atomic mass is 79.9. The largest absolute Gasteiger partial charge is 0.486 e. The van der Waals surface area contributed by atoms with Gasteiger partial charge in [0.1, 0.15) is 13.2 Å². The van der Waals surface area contributed by atoms with E-state index in [-0.39, 0.29) is 0 Å². The minimum absolute atomic E-state index is 0.372. The maximum Gasteiger partial charge on any atom is 0.162 e. The molecule has 0 bridgehead atoms. The summed E-state index contributed by atoms with van der Waals surface area (Å²) in [6.45, 7) is 1.52. The lowest BCUT2D eigenvalue weighted by atomic mass is 10.2. The van der Waals surface area contributed by atoms with Crippen molar-refractivity contribution in [1.29, 1.82) is 0 Å². The van der Waals surface area contributed by atoms with Crippen molar-refractivity contribution in [2.45, 2.75) is 6.54 Å². The number of hydrogen-bond donors (Lipinski definition) is 2. The summed E-state index contributed by atoms with van der Waals surface area (Å²) in [5.74, 6) is 1.47. The van der Waals surface area contributed by atoms with Gasteiger partial charge in [-0.05, 0) is 17.7 Å². The minimum Gasteiger partial charge on any atom is -0.486 e. The summed E-state index contributed by atoms with van der Waals surface area (Å²) in [6.07, 6.45) is 0. The molecule has 0 radical (unpaired) electrons. The Morgan fingerprint density at radius 3 is 2.57 bits per heavy atom. The second kappa shape index (κ2) is 4.16. The summed E-state index contributed by atoms with van der Waals surface area (Å²) < 4.78 is 11.7. The van der Waals surface area contributed by atoms with Gasteiger partial charge in [0.05, 0.1) is 0 Å². The van der Waals surface area contributed by atoms with Gasteiger partial charge in [0.2, 0.25) is 0 Å². The number of ether oxygens (including phenoxy) is 2. The molecule has 0 aromatic heterocycles. The second-order valence-corrected chi connectivity index (χ2v) is 3.78. The molecule has 0 atom stereocenters. The van der Waals surface area contributed by atoms with Crippen molar-refractivity contribution >= 4 is 15.9 Å². The van der Waals surface area contributed by atoms with Crippen LogP contribution < -0.4 is 15.0 Å². The maximum absolute atomic E-state index is 8.61. The molecule has 0 saturated heterocycles. The zero-order valence-electron chi connectivity index (χ0n) is 7.42. The van der Waals surface area contributed by atoms with Gasteiger partial charge >= 0.3 is 0 Å². The van der Waals surface area contributed by atoms with Gasteiger partial charge in [-0.15, -0.1) is 0 Å². The molecular formula is C9H10BrNO3. The molecular weight excluding hydrogens is 250 g/mol. The smallest absolute Gasteiger partial charge is 0.162 e. The van der Waals surface area contributed by atoms with E-state index in [9.17, 15) is 0 Å². The van der Waals surface area contributed by atoms with Gasteiger partial charge in [-0.1, -0.05) is 15.9 Å². The van der Waals surface area contributed by atoms with E-state index in [1.807, 2.05) is 12.1 Å². The monoisotopic (exact) mass is 259 g/mol. The van der Waals surface area contributed by atoms with Gasteiger partial charge < -0.3 is 14.7 Å². The van der Waals surface area contributed by atoms with Crippen LogP contribution in [0.5, 0.6) is 11.5 Å². The molecule has 0 spiro atoms. The molecule has 0 aliphatic carbocycles. The van der Waals surface area contributed by atoms with Crippen molar-refractivity contribution in [1.82, 2.24) is 5.48 Å². The Hall–Kier alpha value is -0.780. The summed E-state index contributed by atoms with van der Waals surface area (Å²) in [7, 11) is 0. The fourth-order valence-electron chi connectivity index (χ4n) is 1.33. The fraction of sp³-hybridized carbons (Fsp3) is 0.333. The maximum atomic E-state index is 8.61. The number of rotatable bonds is 2. The predicted molar refractivity (Wildman–Crippen MR) is 53.8 cm³/mol. The molecule has 0 unspecified atom stereocenters. The van der Waals surface area contributed by atoms with Crippen LogP contribution in [0.3, 0.4) is 0 Å². The Labute approximate surface area is 89.9 Å². The summed E-state index contributed by atoms with van der Waals surface area (Å²) in [5.41, 5.74) is 3.03. The first-order valence-corrected chi connectivity index (χ1v) is 5.05. The second-order valence-electron chi connectivity index (χ2n) is 2.92. The highest BCUT2D eigenvalue weighted by Gasteiger charge is 2.14. The first kappa shape index (κ1) is 9.76. The molecule has 0 fully saturated rings. The Morgan fingerprint density at radius 2 is 1.93 bits per heavy atom. The molecule has 1 aromatic rings. The molecule has 4 nitrogen and oxygen atoms in total. The van der Waals surface area contributed by atoms with Crippen molar-refractivity contribution in [3.8, 4) is 11.5 Å². The van der Waals surface area contributed by atoms with Gasteiger partial charge in [0, 0.05) is 11.0 Å². The zero-order chi connectivity index (χ0) is 9.97. The van der Waals surface area contributed by atoms with Gasteiger partial charge in [0.25, 0.3) is 0 Å². The van der Waals surface area contributed by atoms with Crippen molar-refractivity contribution in [3.63, 3.8) is 0 Å². The van der Waals surface area contributed by atoms with E-state index in [4.69, 9.17) is 14.7 Å². The van der Waals surface area contributed by atoms with E-state index in [1.165, 1.54) is 0 Å². The number of fused-ring (bicyclic) bond motifs is 1. The predicted octanol–water partition coefficient (Wildman–Crippen LogP) is 1.70. The summed E-state index contributed by atoms with van der Waals surface area (Å²) in [5, 5.41) is 8.61. The molecule has 0 amide bonds. The minimum atomic E-state index is 0.372. The number of hydrogen-bond acceptors (Lipinski definition) is 4. The van der Waals surface area contributed by atoms with E-state index < -0.39 is 0 Å². The van der Waals surface area contributed by atoms with Crippen LogP contribution >= 0.6 is 15.9 Å². The highest BCUT2D eigenvalue weighted by molar-refractivity contribution is 9.10. The Bertz CT molecular complexity index is 343. The highest BCUT2D eigenvalue weighted by Crippen LogP contribution is 2.35. The van der Waals surface area contributed by atoms with Crippen LogP contribution in [-0.2, 0) is 6.54 Å². The van der Waals surface area contributed by atoms with Crippen molar-refractivity contribution in [2.24, 2.45) is 0 Å². The molecule has 1 aliphatic rings. The Morgan fingerprint density at radius 1 is 1.29 bits per heavy atom. The van der Waals surface area contributed by atoms with Crippen LogP contribution in [0.25, 0.3) is 0 Å². The zero-order valence-corrected chi connectivity index (χ0v) is 9.00. The SMILES string of the molecule is ONCc1cc2c(cc1Br)OCCO2. The van der Waals surface area contributed by atoms with E-state index in [1.54, 1.807) is 0 Å². The summed E-state index contributed by atoms with van der Waals surface area (Å²) in [4.78, 5) is 0. The van der Waals surface area contributed by atoms with Gasteiger partial charge in [-0.25, -0.2) is 5.48 Å². The molecule has 76 valence electrons. The topological polar surface area (TPSA) is 50.7 Å². The van der Waals surface area contributed by atoms with Crippen LogP contribution in [0, 0.1) is 0 Å². The quantitative estimate of drug-likeness (QED) is 0.794. The van der Waals surface area contributed by atoms with Crippen LogP contribution in [0.4, 0.5) is 0 Å². The normalized spacial score (nSPS) is 14.1. The Kier molecular flexibility index (Phi) is 2.90. The summed E-state index contributed by atoms with van der Waals surface area (Å²) >= 11 is 3.39. The molecule has 1 heterocycles. The van der Waals surface area contributed by atoms with Gasteiger partial charge in [-0.3, -0.25) is 0 Å². The fourth-order valence-corrected chi connectivity index (χ4v) is 1.79. The van der Waals surface area contributed by atoms with E-state index in [0.29, 0.717) is 19.8 Å². The molecule has 14 heavy (non-hydrogen) atoms. The van der Waals surface area contributed by atoms with Crippen LogP contribution in [0.15, 0.2) is 16.6 Å². The average molecular weight is 260 g/mol. The molecule has 1 aromatic carbocycles. The third-order valence-electron chi connectivity index (χ3n) is 1.98. The summed E-state index contributed by atoms with van der Waals surface area (Å²) in [6, 6.07) is 3.70. The van der Waals surface area contributed by atoms with Crippen molar-refractivity contribution in [2.75, 3.05) is 13.2 Å². The average Bonchev–Trinajstić information content (AvgIpc) is 2.19. The van der Waals surface area contributed by atoms with Crippen LogP contribution in [0.1, 0.15) is 5.56 Å². The molecule has 2 N–H and O–H groups in total.